The minimum Gasteiger partial charge on any atom is -0.444 e. The Kier molecular flexibility index (Phi) is 23.8. The maximum atomic E-state index is 12.7. The van der Waals surface area contributed by atoms with Crippen LogP contribution in [0, 0.1) is 41.5 Å². The van der Waals surface area contributed by atoms with Crippen LogP contribution in [0.4, 0.5) is 21.5 Å². The van der Waals surface area contributed by atoms with Crippen LogP contribution in [0.5, 0.6) is 0 Å². The fourth-order valence-corrected chi connectivity index (χ4v) is 12.7. The molecule has 94 heavy (non-hydrogen) atoms. The number of ether oxygens (including phenoxy) is 4. The average molecular weight is 1390 g/mol. The third-order valence-corrected chi connectivity index (χ3v) is 19.7. The number of benzene rings is 2. The Hall–Kier alpha value is -7.08. The summed E-state index contributed by atoms with van der Waals surface area (Å²) in [5.41, 5.74) is 9.57. The lowest BCUT2D eigenvalue weighted by Gasteiger charge is -2.34. The van der Waals surface area contributed by atoms with Gasteiger partial charge < -0.3 is 58.5 Å². The topological polar surface area (TPSA) is 281 Å². The molecule has 2 saturated heterocycles. The van der Waals surface area contributed by atoms with Crippen molar-refractivity contribution in [3.05, 3.63) is 87.3 Å². The van der Waals surface area contributed by atoms with Crippen LogP contribution < -0.4 is 16.1 Å². The summed E-state index contributed by atoms with van der Waals surface area (Å²) >= 11 is 3.60. The summed E-state index contributed by atoms with van der Waals surface area (Å²) in [6, 6.07) is 14.7. The van der Waals surface area contributed by atoms with Gasteiger partial charge in [-0.1, -0.05) is 71.6 Å². The Morgan fingerprint density at radius 1 is 0.638 bits per heavy atom. The molecule has 10 rings (SSSR count). The van der Waals surface area contributed by atoms with Crippen LogP contribution in [0.3, 0.4) is 0 Å². The van der Waals surface area contributed by atoms with E-state index in [1.54, 1.807) is 23.6 Å². The van der Waals surface area contributed by atoms with Crippen molar-refractivity contribution < 1.29 is 47.6 Å². The van der Waals surface area contributed by atoms with Gasteiger partial charge in [0.25, 0.3) is 0 Å². The maximum absolute atomic E-state index is 12.7. The zero-order valence-corrected chi connectivity index (χ0v) is 61.7. The van der Waals surface area contributed by atoms with E-state index in [0.29, 0.717) is 75.1 Å². The lowest BCUT2D eigenvalue weighted by molar-refractivity contribution is 0.0196. The van der Waals surface area contributed by atoms with Gasteiger partial charge in [-0.2, -0.15) is 10.2 Å². The molecule has 2 fully saturated rings. The number of nitrogens with one attached hydrogen (secondary N) is 2. The number of aryl methyl sites for hydroxylation is 6. The molecule has 28 heteroatoms. The van der Waals surface area contributed by atoms with E-state index in [4.69, 9.17) is 53.7 Å². The molecule has 2 aromatic carbocycles. The zero-order valence-electron chi connectivity index (χ0n) is 58.2. The van der Waals surface area contributed by atoms with Crippen LogP contribution in [0.25, 0.3) is 55.7 Å². The van der Waals surface area contributed by atoms with E-state index in [-0.39, 0.29) is 24.3 Å². The normalized spacial score (nSPS) is 15.5. The molecule has 8 heterocycles. The van der Waals surface area contributed by atoms with Gasteiger partial charge in [0, 0.05) is 106 Å². The van der Waals surface area contributed by atoms with Crippen LogP contribution >= 0.6 is 15.9 Å². The molecule has 0 aliphatic carbocycles. The lowest BCUT2D eigenvalue weighted by atomic mass is 9.79. The molecule has 2 amide bonds. The molecule has 508 valence electrons. The molecule has 0 bridgehead atoms. The molecule has 0 saturated carbocycles. The number of carbonyl (C=O) groups is 2. The van der Waals surface area contributed by atoms with Crippen LogP contribution in [0.1, 0.15) is 101 Å². The molecule has 6 aromatic heterocycles. The van der Waals surface area contributed by atoms with Crippen molar-refractivity contribution in [1.29, 1.82) is 0 Å². The Labute approximate surface area is 562 Å². The number of piperidine rings is 2. The van der Waals surface area contributed by atoms with Gasteiger partial charge in [0.1, 0.15) is 47.6 Å². The first-order valence-corrected chi connectivity index (χ1v) is 40.5. The second kappa shape index (κ2) is 30.8. The van der Waals surface area contributed by atoms with Gasteiger partial charge in [-0.15, -0.1) is 0 Å². The number of hydrogen-bond donors (Lipinski definition) is 4. The Morgan fingerprint density at radius 2 is 1.09 bits per heavy atom. The first-order valence-electron chi connectivity index (χ1n) is 32.3. The first kappa shape index (κ1) is 72.7. The monoisotopic (exact) mass is 1390 g/mol. The van der Waals surface area contributed by atoms with E-state index in [1.807, 2.05) is 97.1 Å². The number of carbonyl (C=O) groups excluding carboxylic acids is 2. The van der Waals surface area contributed by atoms with Crippen LogP contribution in [0.2, 0.25) is 51.4 Å². The minimum absolute atomic E-state index is 0.00787. The number of nitrogens with zero attached hydrogens (tertiary/aromatic N) is 12. The predicted octanol–water partition coefficient (Wildman–Crippen LogP) is 12.9. The van der Waals surface area contributed by atoms with Crippen molar-refractivity contribution in [2.75, 3.05) is 50.0 Å². The predicted molar refractivity (Wildman–Crippen MR) is 377 cm³/mol. The lowest BCUT2D eigenvalue weighted by Crippen LogP contribution is -2.47. The number of anilines is 2. The molecular formula is C66H96BBrN14O10Si2. The van der Waals surface area contributed by atoms with Crippen molar-refractivity contribution >= 4 is 90.5 Å². The van der Waals surface area contributed by atoms with Crippen molar-refractivity contribution in [2.24, 2.45) is 0 Å². The van der Waals surface area contributed by atoms with Gasteiger partial charge >= 0.3 is 19.3 Å². The highest BCUT2D eigenvalue weighted by atomic mass is 79.9. The highest BCUT2D eigenvalue weighted by Crippen LogP contribution is 2.36. The standard InChI is InChI=1S/C33H47N7O4Si.C28H41BrN6O3Si.C5H8BNO3/c1-21-18-34-31(35-25-11-10-14-39(19-25)32(41)43-33(4,5)6)36-29(21)30-26-13-12-24(28-22(2)38-44-23(28)3)17-27(26)40(37-30)20-42-15-16-45(7,8)9;1-19-16-30-26(31-21-9-8-12-34(17-21)27(36)38-28(2,3)4)32-24(19)25-22-11-10-20(29)15-23(22)35(33-25)18-37-13-14-39(5,6)7;1-3-5(6(8)9)4(2)10-7-3/h12-13,17-18,25H,10-11,14-16,19-20H2,1-9H3,(H,34,35,36);10-11,15-16,21H,8-9,12-14,17-18H2,1-7H3,(H,30,31,32);8-9H,1-2H3/t25-;21-;/m00./s1. The minimum atomic E-state index is -1.48. The molecule has 2 aliphatic rings. The van der Waals surface area contributed by atoms with E-state index < -0.39 is 34.5 Å². The number of halogens is 1. The summed E-state index contributed by atoms with van der Waals surface area (Å²) in [7, 11) is -3.89. The number of amides is 2. The summed E-state index contributed by atoms with van der Waals surface area (Å²) in [4.78, 5) is 47.9. The maximum Gasteiger partial charge on any atom is 0.494 e. The van der Waals surface area contributed by atoms with Gasteiger partial charge in [-0.05, 0) is 168 Å². The van der Waals surface area contributed by atoms with E-state index in [1.165, 1.54) is 0 Å². The highest BCUT2D eigenvalue weighted by molar-refractivity contribution is 9.10. The second-order valence-corrected chi connectivity index (χ2v) is 41.0. The third-order valence-electron chi connectivity index (χ3n) is 15.8. The fourth-order valence-electron chi connectivity index (χ4n) is 10.9. The number of likely N-dealkylation sites (tertiary alicyclic amines) is 2. The van der Waals surface area contributed by atoms with Gasteiger partial charge in [0.15, 0.2) is 0 Å². The zero-order chi connectivity index (χ0) is 68.6. The SMILES string of the molecule is Cc1cnc(N[C@H]2CCCN(C(=O)OC(C)(C)C)C2)nc1-c1nn(COCC[Si](C)(C)C)c2cc(-c3c(C)noc3C)ccc12.Cc1cnc(N[C@H]2CCCN(C(=O)OC(C)(C)C)C2)nc1-c1nn(COCC[Si](C)(C)C)c2cc(Br)ccc12.Cc1noc(C)c1B(O)O. The van der Waals surface area contributed by atoms with Crippen LogP contribution in [0.15, 0.2) is 62.3 Å². The molecule has 0 spiro atoms. The van der Waals surface area contributed by atoms with E-state index in [0.717, 1.165) is 127 Å². The highest BCUT2D eigenvalue weighted by Gasteiger charge is 2.31. The first-order chi connectivity index (χ1) is 44.1. The number of rotatable bonds is 18. The number of fused-ring (bicyclic) bond motifs is 2. The number of hydrogen-bond acceptors (Lipinski definition) is 20. The summed E-state index contributed by atoms with van der Waals surface area (Å²) in [5, 5.41) is 44.1. The molecule has 8 aromatic rings. The van der Waals surface area contributed by atoms with Crippen molar-refractivity contribution in [2.45, 2.75) is 197 Å². The second-order valence-electron chi connectivity index (χ2n) is 28.9. The molecule has 0 unspecified atom stereocenters. The molecule has 0 radical (unpaired) electrons. The Morgan fingerprint density at radius 3 is 1.49 bits per heavy atom. The molecular weight excluding hydrogens is 1300 g/mol. The average Bonchev–Trinajstić information content (AvgIpc) is 1.60. The summed E-state index contributed by atoms with van der Waals surface area (Å²) in [6.07, 6.45) is 6.66. The van der Waals surface area contributed by atoms with Gasteiger partial charge in [0.2, 0.25) is 11.9 Å². The van der Waals surface area contributed by atoms with Gasteiger partial charge in [-0.25, -0.2) is 38.9 Å². The Balaban J connectivity index is 0.000000211. The summed E-state index contributed by atoms with van der Waals surface area (Å²) in [6.45, 7) is 41.1. The smallest absolute Gasteiger partial charge is 0.444 e. The van der Waals surface area contributed by atoms with E-state index in [9.17, 15) is 9.59 Å². The van der Waals surface area contributed by atoms with Crippen molar-refractivity contribution in [3.63, 3.8) is 0 Å². The largest absolute Gasteiger partial charge is 0.494 e. The van der Waals surface area contributed by atoms with Crippen LogP contribution in [-0.2, 0) is 32.4 Å². The molecule has 2 aliphatic heterocycles. The summed E-state index contributed by atoms with van der Waals surface area (Å²) < 4.78 is 38.4. The fraction of sp³-hybridized carbons (Fsp3) is 0.545. The number of aromatic nitrogens is 10. The third kappa shape index (κ3) is 20.0. The van der Waals surface area contributed by atoms with Gasteiger partial charge in [-0.3, -0.25) is 0 Å². The van der Waals surface area contributed by atoms with Crippen molar-refractivity contribution in [1.82, 2.24) is 59.6 Å². The van der Waals surface area contributed by atoms with Crippen molar-refractivity contribution in [3.8, 4) is 33.9 Å². The Bertz CT molecular complexity index is 3870. The summed E-state index contributed by atoms with van der Waals surface area (Å²) in [5.74, 6) is 2.26. The van der Waals surface area contributed by atoms with E-state index in [2.05, 4.69) is 121 Å². The molecule has 4 N–H and O–H groups in total. The quantitative estimate of drug-likeness (QED) is 0.0459. The van der Waals surface area contributed by atoms with Crippen LogP contribution in [-0.4, -0.2) is 168 Å². The molecule has 24 nitrogen and oxygen atoms in total. The van der Waals surface area contributed by atoms with E-state index >= 15 is 0 Å². The van der Waals surface area contributed by atoms with Gasteiger partial charge in [0.05, 0.1) is 33.8 Å². The molecule has 2 atom stereocenters.